The molecule has 1 aromatic rings. The summed E-state index contributed by atoms with van der Waals surface area (Å²) in [7, 11) is 0. The second kappa shape index (κ2) is 4.88. The maximum absolute atomic E-state index is 13.1. The minimum absolute atomic E-state index is 0.0698. The maximum Gasteiger partial charge on any atom is 0.459 e. The fourth-order valence-electron chi connectivity index (χ4n) is 1.23. The molecule has 18 heavy (non-hydrogen) atoms. The lowest BCUT2D eigenvalue weighted by molar-refractivity contribution is -0.291. The molecule has 0 saturated carbocycles. The summed E-state index contributed by atoms with van der Waals surface area (Å²) >= 11 is 0. The van der Waals surface area contributed by atoms with Crippen LogP contribution in [0.2, 0.25) is 0 Å². The monoisotopic (exact) mass is 268 g/mol. The van der Waals surface area contributed by atoms with Gasteiger partial charge in [0.1, 0.15) is 6.07 Å². The number of nitrogens with zero attached hydrogens (tertiary/aromatic N) is 4. The Morgan fingerprint density at radius 2 is 1.89 bits per heavy atom. The highest BCUT2D eigenvalue weighted by Gasteiger charge is 2.62. The molecule has 0 N–H and O–H groups in total. The first-order chi connectivity index (χ1) is 8.25. The van der Waals surface area contributed by atoms with Crippen LogP contribution in [0.1, 0.15) is 31.2 Å². The third kappa shape index (κ3) is 2.42. The molecule has 0 aromatic carbocycles. The molecular formula is C9H9F5N4. The molecule has 0 aliphatic rings. The lowest BCUT2D eigenvalue weighted by Crippen LogP contribution is -2.35. The highest BCUT2D eigenvalue weighted by atomic mass is 19.4. The molecule has 0 aliphatic heterocycles. The smallest absolute Gasteiger partial charge is 0.234 e. The van der Waals surface area contributed by atoms with E-state index in [4.69, 9.17) is 5.26 Å². The zero-order chi connectivity index (χ0) is 14.0. The van der Waals surface area contributed by atoms with E-state index >= 15 is 0 Å². The normalized spacial score (nSPS) is 12.5. The van der Waals surface area contributed by atoms with Crippen molar-refractivity contribution in [3.63, 3.8) is 0 Å². The summed E-state index contributed by atoms with van der Waals surface area (Å²) in [5.74, 6) is -5.18. The number of aryl methyl sites for hydroxylation is 1. The van der Waals surface area contributed by atoms with Gasteiger partial charge in [0.15, 0.2) is 11.4 Å². The molecule has 9 heteroatoms. The molecule has 0 atom stereocenters. The third-order valence-electron chi connectivity index (χ3n) is 2.22. The summed E-state index contributed by atoms with van der Waals surface area (Å²) < 4.78 is 63.4. The molecular weight excluding hydrogens is 259 g/mol. The number of nitriles is 1. The lowest BCUT2D eigenvalue weighted by Gasteiger charge is -2.17. The van der Waals surface area contributed by atoms with Gasteiger partial charge in [0.25, 0.3) is 0 Å². The number of hydrogen-bond donors (Lipinski definition) is 0. The zero-order valence-electron chi connectivity index (χ0n) is 9.30. The maximum atomic E-state index is 13.1. The number of alkyl halides is 5. The van der Waals surface area contributed by atoms with Crippen molar-refractivity contribution in [2.75, 3.05) is 0 Å². The van der Waals surface area contributed by atoms with Gasteiger partial charge in [0.05, 0.1) is 0 Å². The predicted octanol–water partition coefficient (Wildman–Crippen LogP) is 2.60. The van der Waals surface area contributed by atoms with Crippen molar-refractivity contribution in [1.29, 1.82) is 5.26 Å². The number of rotatable bonds is 4. The van der Waals surface area contributed by atoms with Crippen LogP contribution >= 0.6 is 0 Å². The highest BCUT2D eigenvalue weighted by Crippen LogP contribution is 2.43. The average molecular weight is 268 g/mol. The minimum atomic E-state index is -5.80. The fraction of sp³-hybridized carbons (Fsp3) is 0.667. The Morgan fingerprint density at radius 1 is 1.28 bits per heavy atom. The van der Waals surface area contributed by atoms with Crippen molar-refractivity contribution in [3.05, 3.63) is 11.4 Å². The van der Waals surface area contributed by atoms with E-state index in [0.29, 0.717) is 12.8 Å². The van der Waals surface area contributed by atoms with Crippen molar-refractivity contribution in [2.45, 2.75) is 38.4 Å². The Labute approximate surface area is 99.0 Å². The Kier molecular flexibility index (Phi) is 3.88. The summed E-state index contributed by atoms with van der Waals surface area (Å²) in [4.78, 5) is 0. The van der Waals surface area contributed by atoms with Crippen molar-refractivity contribution >= 4 is 0 Å². The van der Waals surface area contributed by atoms with Crippen LogP contribution in [-0.2, 0) is 12.5 Å². The van der Waals surface area contributed by atoms with Crippen LogP contribution in [-0.4, -0.2) is 21.2 Å². The van der Waals surface area contributed by atoms with Gasteiger partial charge in [-0.05, 0) is 6.42 Å². The first-order valence-electron chi connectivity index (χ1n) is 5.04. The number of aromatic nitrogens is 3. The Morgan fingerprint density at radius 3 is 2.33 bits per heavy atom. The van der Waals surface area contributed by atoms with Gasteiger partial charge in [0, 0.05) is 6.54 Å². The Bertz CT molecular complexity index is 457. The topological polar surface area (TPSA) is 54.5 Å². The molecule has 0 saturated heterocycles. The third-order valence-corrected chi connectivity index (χ3v) is 2.22. The standard InChI is InChI=1S/C9H9F5N4/c1-2-3-4-18-6(5-15)7(16-17-18)8(10,11)9(12,13)14/h2-4H2,1H3. The Balaban J connectivity index is 3.20. The van der Waals surface area contributed by atoms with Gasteiger partial charge in [-0.1, -0.05) is 18.6 Å². The first kappa shape index (κ1) is 14.3. The molecule has 0 amide bonds. The highest BCUT2D eigenvalue weighted by molar-refractivity contribution is 5.29. The van der Waals surface area contributed by atoms with Gasteiger partial charge in [0.2, 0.25) is 0 Å². The molecule has 1 aromatic heterocycles. The van der Waals surface area contributed by atoms with E-state index in [1.807, 2.05) is 0 Å². The van der Waals surface area contributed by atoms with Gasteiger partial charge < -0.3 is 0 Å². The van der Waals surface area contributed by atoms with Crippen molar-refractivity contribution < 1.29 is 22.0 Å². The number of unbranched alkanes of at least 4 members (excludes halogenated alkanes) is 1. The van der Waals surface area contributed by atoms with Gasteiger partial charge in [-0.3, -0.25) is 0 Å². The van der Waals surface area contributed by atoms with Crippen molar-refractivity contribution in [1.82, 2.24) is 15.0 Å². The minimum Gasteiger partial charge on any atom is -0.234 e. The summed E-state index contributed by atoms with van der Waals surface area (Å²) in [5.41, 5.74) is -2.50. The number of hydrogen-bond acceptors (Lipinski definition) is 3. The largest absolute Gasteiger partial charge is 0.459 e. The molecule has 0 fully saturated rings. The second-order valence-electron chi connectivity index (χ2n) is 3.55. The molecule has 0 radical (unpaired) electrons. The summed E-state index contributed by atoms with van der Waals surface area (Å²) in [5, 5.41) is 14.6. The van der Waals surface area contributed by atoms with Gasteiger partial charge in [-0.25, -0.2) is 4.68 Å². The van der Waals surface area contributed by atoms with Gasteiger partial charge in [-0.15, -0.1) is 5.10 Å². The van der Waals surface area contributed by atoms with Crippen LogP contribution in [0, 0.1) is 11.3 Å². The van der Waals surface area contributed by atoms with E-state index in [2.05, 4.69) is 10.3 Å². The molecule has 0 unspecified atom stereocenters. The van der Waals surface area contributed by atoms with E-state index in [0.717, 1.165) is 4.68 Å². The molecule has 1 rings (SSSR count). The zero-order valence-corrected chi connectivity index (χ0v) is 9.30. The molecule has 4 nitrogen and oxygen atoms in total. The van der Waals surface area contributed by atoms with E-state index in [-0.39, 0.29) is 6.54 Å². The van der Waals surface area contributed by atoms with Crippen LogP contribution in [0.4, 0.5) is 22.0 Å². The molecule has 0 bridgehead atoms. The van der Waals surface area contributed by atoms with Crippen LogP contribution in [0.3, 0.4) is 0 Å². The summed E-state index contributed by atoms with van der Waals surface area (Å²) in [6.45, 7) is 1.87. The van der Waals surface area contributed by atoms with E-state index in [1.165, 1.54) is 6.07 Å². The quantitative estimate of drug-likeness (QED) is 0.789. The van der Waals surface area contributed by atoms with Crippen molar-refractivity contribution in [3.8, 4) is 6.07 Å². The summed E-state index contributed by atoms with van der Waals surface area (Å²) in [6.07, 6.45) is -4.63. The van der Waals surface area contributed by atoms with Crippen LogP contribution in [0.25, 0.3) is 0 Å². The SMILES string of the molecule is CCCCn1nnc(C(F)(F)C(F)(F)F)c1C#N. The summed E-state index contributed by atoms with van der Waals surface area (Å²) in [6, 6.07) is 1.29. The van der Waals surface area contributed by atoms with Crippen molar-refractivity contribution in [2.24, 2.45) is 0 Å². The van der Waals surface area contributed by atoms with Gasteiger partial charge >= 0.3 is 12.1 Å². The molecule has 0 spiro atoms. The average Bonchev–Trinajstić information content (AvgIpc) is 2.67. The van der Waals surface area contributed by atoms with Crippen LogP contribution < -0.4 is 0 Å². The van der Waals surface area contributed by atoms with Crippen LogP contribution in [0.5, 0.6) is 0 Å². The van der Waals surface area contributed by atoms with E-state index < -0.39 is 23.5 Å². The van der Waals surface area contributed by atoms with Crippen LogP contribution in [0.15, 0.2) is 0 Å². The van der Waals surface area contributed by atoms with E-state index in [9.17, 15) is 22.0 Å². The number of halogens is 5. The molecule has 100 valence electrons. The molecule has 0 aliphatic carbocycles. The first-order valence-corrected chi connectivity index (χ1v) is 5.04. The molecule has 1 heterocycles. The fourth-order valence-corrected chi connectivity index (χ4v) is 1.23. The Hall–Kier alpha value is -1.72. The van der Waals surface area contributed by atoms with Gasteiger partial charge in [-0.2, -0.15) is 27.2 Å². The predicted molar refractivity (Wildman–Crippen MR) is 49.6 cm³/mol. The second-order valence-corrected chi connectivity index (χ2v) is 3.55. The lowest BCUT2D eigenvalue weighted by atomic mass is 10.2. The van der Waals surface area contributed by atoms with E-state index in [1.54, 1.807) is 6.92 Å².